The molecular weight excluding hydrogens is 430 g/mol. The number of methoxy groups -OCH3 is 1. The van der Waals surface area contributed by atoms with Crippen molar-refractivity contribution in [3.8, 4) is 17.2 Å². The van der Waals surface area contributed by atoms with Crippen LogP contribution in [0.1, 0.15) is 30.7 Å². The average molecular weight is 460 g/mol. The van der Waals surface area contributed by atoms with E-state index < -0.39 is 9.84 Å². The first-order valence-electron chi connectivity index (χ1n) is 11.2. The number of rotatable bonds is 6. The summed E-state index contributed by atoms with van der Waals surface area (Å²) in [5.41, 5.74) is 1.10. The molecule has 0 bridgehead atoms. The predicted octanol–water partition coefficient (Wildman–Crippen LogP) is 3.17. The third-order valence-corrected chi connectivity index (χ3v) is 8.36. The summed E-state index contributed by atoms with van der Waals surface area (Å²) in [5, 5.41) is 3.34. The van der Waals surface area contributed by atoms with Crippen LogP contribution in [0.5, 0.6) is 17.2 Å². The first-order chi connectivity index (χ1) is 15.5. The van der Waals surface area contributed by atoms with E-state index in [1.165, 1.54) is 13.2 Å². The van der Waals surface area contributed by atoms with Gasteiger partial charge < -0.3 is 24.3 Å². The molecule has 5 rings (SSSR count). The van der Waals surface area contributed by atoms with E-state index in [9.17, 15) is 8.42 Å². The van der Waals surface area contributed by atoms with Crippen LogP contribution in [-0.4, -0.2) is 54.5 Å². The summed E-state index contributed by atoms with van der Waals surface area (Å²) >= 11 is 0. The number of fused-ring (bicyclic) bond motifs is 3. The van der Waals surface area contributed by atoms with E-state index in [2.05, 4.69) is 5.32 Å². The number of hydrogen-bond acceptors (Lipinski definition) is 7. The highest BCUT2D eigenvalue weighted by atomic mass is 32.2. The van der Waals surface area contributed by atoms with Crippen LogP contribution in [-0.2, 0) is 14.6 Å². The maximum absolute atomic E-state index is 13.5. The van der Waals surface area contributed by atoms with Gasteiger partial charge in [-0.2, -0.15) is 0 Å². The lowest BCUT2D eigenvalue weighted by atomic mass is 9.90. The third-order valence-electron chi connectivity index (χ3n) is 6.63. The summed E-state index contributed by atoms with van der Waals surface area (Å²) in [6.45, 7) is 3.74. The molecule has 3 aliphatic rings. The molecule has 8 heteroatoms. The van der Waals surface area contributed by atoms with E-state index in [-0.39, 0.29) is 15.9 Å². The summed E-state index contributed by atoms with van der Waals surface area (Å²) in [6.07, 6.45) is 2.95. The molecule has 0 aromatic heterocycles. The molecule has 0 amide bonds. The number of hydrogen-bond donors (Lipinski definition) is 1. The Balaban J connectivity index is 1.41. The average Bonchev–Trinajstić information content (AvgIpc) is 3.21. The van der Waals surface area contributed by atoms with Gasteiger partial charge in [0.15, 0.2) is 0 Å². The van der Waals surface area contributed by atoms with E-state index in [1.54, 1.807) is 24.3 Å². The van der Waals surface area contributed by atoms with Gasteiger partial charge in [-0.05, 0) is 56.0 Å². The molecular formula is C24H29NO6S. The Hall–Kier alpha value is -2.29. The van der Waals surface area contributed by atoms with Gasteiger partial charge in [-0.25, -0.2) is 8.42 Å². The smallest absolute Gasteiger partial charge is 0.207 e. The molecule has 0 radical (unpaired) electrons. The Morgan fingerprint density at radius 2 is 1.84 bits per heavy atom. The van der Waals surface area contributed by atoms with E-state index in [4.69, 9.17) is 18.9 Å². The molecule has 3 aliphatic heterocycles. The fourth-order valence-electron chi connectivity index (χ4n) is 4.73. The van der Waals surface area contributed by atoms with Gasteiger partial charge in [-0.1, -0.05) is 6.07 Å². The molecule has 2 aromatic rings. The van der Waals surface area contributed by atoms with Crippen LogP contribution in [0.3, 0.4) is 0 Å². The van der Waals surface area contributed by atoms with Gasteiger partial charge in [0.05, 0.1) is 23.5 Å². The largest absolute Gasteiger partial charge is 0.497 e. The summed E-state index contributed by atoms with van der Waals surface area (Å²) in [6, 6.07) is 10.1. The lowest BCUT2D eigenvalue weighted by Crippen LogP contribution is -2.39. The van der Waals surface area contributed by atoms with Crippen LogP contribution in [0, 0.1) is 5.92 Å². The van der Waals surface area contributed by atoms with Gasteiger partial charge in [-0.15, -0.1) is 0 Å². The summed E-state index contributed by atoms with van der Waals surface area (Å²) in [4.78, 5) is 0.363. The van der Waals surface area contributed by atoms with Gasteiger partial charge in [0, 0.05) is 37.3 Å². The van der Waals surface area contributed by atoms with E-state index in [0.717, 1.165) is 51.1 Å². The SMILES string of the molecule is COc1cc(OCC2CCOCC2)cc(S(=O)(=O)c2ccc3c(c2)OC2CNCCC32)c1. The van der Waals surface area contributed by atoms with Crippen molar-refractivity contribution in [2.75, 3.05) is 40.0 Å². The highest BCUT2D eigenvalue weighted by molar-refractivity contribution is 7.91. The van der Waals surface area contributed by atoms with Crippen LogP contribution < -0.4 is 19.5 Å². The van der Waals surface area contributed by atoms with Crippen LogP contribution in [0.25, 0.3) is 0 Å². The second-order valence-corrected chi connectivity index (χ2v) is 10.6. The van der Waals surface area contributed by atoms with Crippen molar-refractivity contribution in [1.82, 2.24) is 5.32 Å². The zero-order valence-electron chi connectivity index (χ0n) is 18.2. The molecule has 2 aromatic carbocycles. The zero-order chi connectivity index (χ0) is 22.1. The number of benzene rings is 2. The number of nitrogens with one attached hydrogen (secondary N) is 1. The van der Waals surface area contributed by atoms with Gasteiger partial charge in [0.2, 0.25) is 9.84 Å². The molecule has 2 atom stereocenters. The molecule has 2 saturated heterocycles. The Morgan fingerprint density at radius 3 is 2.66 bits per heavy atom. The van der Waals surface area contributed by atoms with E-state index in [0.29, 0.717) is 35.7 Å². The minimum atomic E-state index is -3.77. The number of sulfone groups is 1. The van der Waals surface area contributed by atoms with Crippen molar-refractivity contribution in [3.63, 3.8) is 0 Å². The first-order valence-corrected chi connectivity index (χ1v) is 12.7. The predicted molar refractivity (Wildman–Crippen MR) is 119 cm³/mol. The number of piperidine rings is 1. The van der Waals surface area contributed by atoms with Crippen LogP contribution in [0.4, 0.5) is 0 Å². The summed E-state index contributed by atoms with van der Waals surface area (Å²) in [7, 11) is -2.25. The first kappa shape index (κ1) is 21.6. The summed E-state index contributed by atoms with van der Waals surface area (Å²) in [5.74, 6) is 2.34. The van der Waals surface area contributed by atoms with Gasteiger partial charge in [0.25, 0.3) is 0 Å². The Kier molecular flexibility index (Phi) is 6.01. The number of ether oxygens (including phenoxy) is 4. The normalized spacial score (nSPS) is 23.2. The van der Waals surface area contributed by atoms with Crippen LogP contribution in [0.15, 0.2) is 46.2 Å². The van der Waals surface area contributed by atoms with Crippen molar-refractivity contribution in [3.05, 3.63) is 42.0 Å². The summed E-state index contributed by atoms with van der Waals surface area (Å²) < 4.78 is 49.7. The molecule has 7 nitrogen and oxygen atoms in total. The zero-order valence-corrected chi connectivity index (χ0v) is 19.0. The van der Waals surface area contributed by atoms with Crippen molar-refractivity contribution in [2.24, 2.45) is 5.92 Å². The standard InChI is InChI=1S/C24H29NO6S/c1-28-17-10-18(30-15-16-5-8-29-9-6-16)12-20(11-17)32(26,27)19-2-3-21-22-4-7-25-14-24(22)31-23(21)13-19/h2-3,10-13,16,22,24-25H,4-9,14-15H2,1H3. The third kappa shape index (κ3) is 4.19. The molecule has 3 heterocycles. The second-order valence-electron chi connectivity index (χ2n) is 8.67. The Labute approximate surface area is 188 Å². The lowest BCUT2D eigenvalue weighted by molar-refractivity contribution is 0.0497. The van der Waals surface area contributed by atoms with Gasteiger partial charge >= 0.3 is 0 Å². The van der Waals surface area contributed by atoms with Crippen molar-refractivity contribution in [1.29, 1.82) is 0 Å². The van der Waals surface area contributed by atoms with E-state index in [1.807, 2.05) is 6.07 Å². The molecule has 2 unspecified atom stereocenters. The minimum absolute atomic E-state index is 0.0683. The van der Waals surface area contributed by atoms with Crippen molar-refractivity contribution < 1.29 is 27.4 Å². The van der Waals surface area contributed by atoms with Crippen LogP contribution in [0.2, 0.25) is 0 Å². The molecule has 1 N–H and O–H groups in total. The molecule has 0 spiro atoms. The molecule has 32 heavy (non-hydrogen) atoms. The monoisotopic (exact) mass is 459 g/mol. The molecule has 0 aliphatic carbocycles. The highest BCUT2D eigenvalue weighted by Crippen LogP contribution is 2.43. The molecule has 172 valence electrons. The van der Waals surface area contributed by atoms with Crippen molar-refractivity contribution >= 4 is 9.84 Å². The fraction of sp³-hybridized carbons (Fsp3) is 0.500. The second kappa shape index (κ2) is 8.92. The molecule has 0 saturated carbocycles. The topological polar surface area (TPSA) is 83.1 Å². The van der Waals surface area contributed by atoms with Crippen molar-refractivity contribution in [2.45, 2.75) is 41.1 Å². The maximum atomic E-state index is 13.5. The Bertz CT molecular complexity index is 1080. The molecule has 2 fully saturated rings. The van der Waals surface area contributed by atoms with Gasteiger partial charge in [-0.3, -0.25) is 0 Å². The maximum Gasteiger partial charge on any atom is 0.207 e. The van der Waals surface area contributed by atoms with Gasteiger partial charge in [0.1, 0.15) is 23.4 Å². The van der Waals surface area contributed by atoms with Crippen LogP contribution >= 0.6 is 0 Å². The Morgan fingerprint density at radius 1 is 1.03 bits per heavy atom. The van der Waals surface area contributed by atoms with E-state index >= 15 is 0 Å². The highest BCUT2D eigenvalue weighted by Gasteiger charge is 2.37. The lowest BCUT2D eigenvalue weighted by Gasteiger charge is -2.24. The fourth-order valence-corrected chi connectivity index (χ4v) is 6.05. The quantitative estimate of drug-likeness (QED) is 0.710. The minimum Gasteiger partial charge on any atom is -0.497 e.